The number of hydrogen-bond acceptors (Lipinski definition) is 5. The summed E-state index contributed by atoms with van der Waals surface area (Å²) in [5.41, 5.74) is 2.31. The maximum atomic E-state index is 10.8. The second kappa shape index (κ2) is 8.07. The number of hydrazone groups is 1. The molecular weight excluding hydrogens is 340 g/mol. The van der Waals surface area contributed by atoms with E-state index in [4.69, 9.17) is 23.8 Å². The van der Waals surface area contributed by atoms with Crippen LogP contribution in [0.15, 0.2) is 17.2 Å². The molecule has 1 aliphatic rings. The Balaban J connectivity index is 1.97. The second-order valence-corrected chi connectivity index (χ2v) is 6.14. The molecule has 0 amide bonds. The van der Waals surface area contributed by atoms with Gasteiger partial charge in [0.15, 0.2) is 5.11 Å². The molecule has 0 atom stereocenters. The number of hydrogen-bond donors (Lipinski definition) is 3. The highest BCUT2D eigenvalue weighted by atomic mass is 35.5. The Morgan fingerprint density at radius 3 is 2.78 bits per heavy atom. The maximum Gasteiger partial charge on any atom is 0.312 e. The van der Waals surface area contributed by atoms with Gasteiger partial charge in [0.1, 0.15) is 0 Å². The van der Waals surface area contributed by atoms with Crippen LogP contribution in [0, 0.1) is 10.1 Å². The standard InChI is InChI=1S/C14H17ClN4O3S/c15-10-6-9(13(20)12(7-10)19(21)22)8-16-18-14(23)17-11-4-2-1-3-5-11/h6-8,11,20H,1-5H2,(H2,17,18,23)/b16-8+. The molecular formula is C14H17ClN4O3S. The van der Waals surface area contributed by atoms with Gasteiger partial charge in [-0.05, 0) is 31.1 Å². The van der Waals surface area contributed by atoms with Crippen LogP contribution < -0.4 is 10.7 Å². The number of halogens is 1. The lowest BCUT2D eigenvalue weighted by molar-refractivity contribution is -0.385. The first-order valence-electron chi connectivity index (χ1n) is 7.24. The fraction of sp³-hybridized carbons (Fsp3) is 0.429. The molecule has 124 valence electrons. The predicted molar refractivity (Wildman–Crippen MR) is 93.1 cm³/mol. The van der Waals surface area contributed by atoms with Crippen LogP contribution in [-0.2, 0) is 0 Å². The van der Waals surface area contributed by atoms with Gasteiger partial charge in [0.05, 0.1) is 11.1 Å². The quantitative estimate of drug-likeness (QED) is 0.332. The first kappa shape index (κ1) is 17.4. The molecule has 3 N–H and O–H groups in total. The monoisotopic (exact) mass is 356 g/mol. The molecule has 1 fully saturated rings. The topological polar surface area (TPSA) is 99.8 Å². The predicted octanol–water partition coefficient (Wildman–Crippen LogP) is 3.08. The van der Waals surface area contributed by atoms with Crippen LogP contribution in [0.4, 0.5) is 5.69 Å². The fourth-order valence-corrected chi connectivity index (χ4v) is 2.91. The van der Waals surface area contributed by atoms with E-state index in [9.17, 15) is 15.2 Å². The van der Waals surface area contributed by atoms with Crippen molar-refractivity contribution in [2.24, 2.45) is 5.10 Å². The first-order valence-corrected chi connectivity index (χ1v) is 8.02. The summed E-state index contributed by atoms with van der Waals surface area (Å²) >= 11 is 10.9. The van der Waals surface area contributed by atoms with Gasteiger partial charge in [0, 0.05) is 22.7 Å². The third-order valence-electron chi connectivity index (χ3n) is 3.59. The first-order chi connectivity index (χ1) is 11.0. The van der Waals surface area contributed by atoms with Crippen molar-refractivity contribution >= 4 is 40.8 Å². The molecule has 0 saturated heterocycles. The highest BCUT2D eigenvalue weighted by Crippen LogP contribution is 2.32. The molecule has 9 heteroatoms. The number of nitro benzene ring substituents is 1. The molecule has 0 heterocycles. The van der Waals surface area contributed by atoms with Crippen molar-refractivity contribution in [3.05, 3.63) is 32.8 Å². The van der Waals surface area contributed by atoms with Crippen molar-refractivity contribution in [2.75, 3.05) is 0 Å². The Morgan fingerprint density at radius 1 is 1.43 bits per heavy atom. The Morgan fingerprint density at radius 2 is 2.13 bits per heavy atom. The molecule has 1 aliphatic carbocycles. The Kier molecular flexibility index (Phi) is 6.12. The summed E-state index contributed by atoms with van der Waals surface area (Å²) in [4.78, 5) is 10.1. The summed E-state index contributed by atoms with van der Waals surface area (Å²) in [6.45, 7) is 0. The third-order valence-corrected chi connectivity index (χ3v) is 4.02. The average molecular weight is 357 g/mol. The molecule has 0 aliphatic heterocycles. The Labute approximate surface area is 143 Å². The number of thiocarbonyl (C=S) groups is 1. The van der Waals surface area contributed by atoms with E-state index in [0.717, 1.165) is 18.9 Å². The van der Waals surface area contributed by atoms with Crippen LogP contribution >= 0.6 is 23.8 Å². The second-order valence-electron chi connectivity index (χ2n) is 5.30. The van der Waals surface area contributed by atoms with E-state index in [-0.39, 0.29) is 10.6 Å². The minimum absolute atomic E-state index is 0.136. The molecule has 0 aromatic heterocycles. The van der Waals surface area contributed by atoms with E-state index >= 15 is 0 Å². The Hall–Kier alpha value is -1.93. The Bertz CT molecular complexity index is 633. The number of rotatable bonds is 4. The maximum absolute atomic E-state index is 10.8. The van der Waals surface area contributed by atoms with Crippen LogP contribution in [0.3, 0.4) is 0 Å². The van der Waals surface area contributed by atoms with Gasteiger partial charge in [-0.3, -0.25) is 15.5 Å². The molecule has 0 spiro atoms. The lowest BCUT2D eigenvalue weighted by atomic mass is 9.96. The number of nitrogens with zero attached hydrogens (tertiary/aromatic N) is 2. The van der Waals surface area contributed by atoms with Gasteiger partial charge in [0.25, 0.3) is 0 Å². The minimum Gasteiger partial charge on any atom is -0.502 e. The molecule has 2 rings (SSSR count). The zero-order chi connectivity index (χ0) is 16.8. The van der Waals surface area contributed by atoms with Crippen LogP contribution in [0.5, 0.6) is 5.75 Å². The van der Waals surface area contributed by atoms with Crippen LogP contribution in [0.25, 0.3) is 0 Å². The number of nitro groups is 1. The van der Waals surface area contributed by atoms with Crippen molar-refractivity contribution < 1.29 is 10.0 Å². The molecule has 23 heavy (non-hydrogen) atoms. The zero-order valence-corrected chi connectivity index (χ0v) is 13.9. The van der Waals surface area contributed by atoms with E-state index < -0.39 is 16.4 Å². The molecule has 7 nitrogen and oxygen atoms in total. The number of aromatic hydroxyl groups is 1. The molecule has 0 radical (unpaired) electrons. The molecule has 0 unspecified atom stereocenters. The normalized spacial score (nSPS) is 15.5. The SMILES string of the molecule is O=[N+]([O-])c1cc(Cl)cc(/C=N/NC(=S)NC2CCCCC2)c1O. The largest absolute Gasteiger partial charge is 0.502 e. The van der Waals surface area contributed by atoms with Crippen LogP contribution in [-0.4, -0.2) is 27.4 Å². The summed E-state index contributed by atoms with van der Waals surface area (Å²) in [5, 5.41) is 28.2. The van der Waals surface area contributed by atoms with Crippen LogP contribution in [0.1, 0.15) is 37.7 Å². The summed E-state index contributed by atoms with van der Waals surface area (Å²) in [7, 11) is 0. The van der Waals surface area contributed by atoms with Crippen molar-refractivity contribution in [1.82, 2.24) is 10.7 Å². The van der Waals surface area contributed by atoms with E-state index in [0.29, 0.717) is 11.2 Å². The van der Waals surface area contributed by atoms with E-state index in [1.807, 2.05) is 0 Å². The third kappa shape index (κ3) is 5.04. The van der Waals surface area contributed by atoms with Gasteiger partial charge >= 0.3 is 5.69 Å². The van der Waals surface area contributed by atoms with Crippen molar-refractivity contribution in [3.8, 4) is 5.75 Å². The lowest BCUT2D eigenvalue weighted by Crippen LogP contribution is -2.40. The highest BCUT2D eigenvalue weighted by molar-refractivity contribution is 7.80. The molecule has 1 saturated carbocycles. The lowest BCUT2D eigenvalue weighted by Gasteiger charge is -2.23. The summed E-state index contributed by atoms with van der Waals surface area (Å²) in [6.07, 6.45) is 7.01. The van der Waals surface area contributed by atoms with Gasteiger partial charge in [-0.1, -0.05) is 30.9 Å². The van der Waals surface area contributed by atoms with Gasteiger partial charge in [-0.2, -0.15) is 5.10 Å². The highest BCUT2D eigenvalue weighted by Gasteiger charge is 2.18. The van der Waals surface area contributed by atoms with Crippen molar-refractivity contribution in [3.63, 3.8) is 0 Å². The van der Waals surface area contributed by atoms with E-state index in [1.54, 1.807) is 0 Å². The summed E-state index contributed by atoms with van der Waals surface area (Å²) in [6, 6.07) is 2.81. The number of phenols is 1. The summed E-state index contributed by atoms with van der Waals surface area (Å²) < 4.78 is 0. The number of nitrogens with one attached hydrogen (secondary N) is 2. The number of benzene rings is 1. The summed E-state index contributed by atoms with van der Waals surface area (Å²) in [5.74, 6) is -0.490. The van der Waals surface area contributed by atoms with Gasteiger partial charge in [-0.25, -0.2) is 0 Å². The average Bonchev–Trinajstić information content (AvgIpc) is 2.51. The molecule has 0 bridgehead atoms. The molecule has 1 aromatic carbocycles. The van der Waals surface area contributed by atoms with E-state index in [2.05, 4.69) is 15.8 Å². The number of phenolic OH excluding ortho intramolecular Hbond substituents is 1. The smallest absolute Gasteiger partial charge is 0.312 e. The molecule has 1 aromatic rings. The van der Waals surface area contributed by atoms with Gasteiger partial charge in [-0.15, -0.1) is 0 Å². The van der Waals surface area contributed by atoms with Crippen molar-refractivity contribution in [2.45, 2.75) is 38.1 Å². The van der Waals surface area contributed by atoms with Crippen LogP contribution in [0.2, 0.25) is 5.02 Å². The minimum atomic E-state index is -0.707. The van der Waals surface area contributed by atoms with Gasteiger partial charge < -0.3 is 10.4 Å². The fourth-order valence-electron chi connectivity index (χ4n) is 2.47. The van der Waals surface area contributed by atoms with E-state index in [1.165, 1.54) is 31.5 Å². The van der Waals surface area contributed by atoms with Crippen molar-refractivity contribution in [1.29, 1.82) is 0 Å². The van der Waals surface area contributed by atoms with Gasteiger partial charge in [0.2, 0.25) is 5.75 Å². The zero-order valence-electron chi connectivity index (χ0n) is 12.3.